The largest absolute Gasteiger partial charge is 0.478 e. The molecule has 0 aromatic carbocycles. The van der Waals surface area contributed by atoms with E-state index in [1.165, 1.54) is 0 Å². The third-order valence-electron chi connectivity index (χ3n) is 2.74. The highest BCUT2D eigenvalue weighted by atomic mass is 16.4. The standard InChI is InChI=1S/C12H13NO2/c14-12(15)11-6-2-1-5-10(11)9-4-3-7-13-8-9/h3-4,7-8H,1-2,5-6H2,(H,14,15). The molecule has 1 aliphatic rings. The van der Waals surface area contributed by atoms with E-state index in [1.54, 1.807) is 12.4 Å². The van der Waals surface area contributed by atoms with E-state index < -0.39 is 5.97 Å². The van der Waals surface area contributed by atoms with E-state index in [0.29, 0.717) is 12.0 Å². The molecule has 1 aliphatic carbocycles. The number of carboxylic acid groups (broad SMARTS) is 1. The van der Waals surface area contributed by atoms with Crippen LogP contribution in [0.4, 0.5) is 0 Å². The Morgan fingerprint density at radius 1 is 1.33 bits per heavy atom. The van der Waals surface area contributed by atoms with Crippen molar-refractivity contribution in [2.24, 2.45) is 0 Å². The first-order valence-electron chi connectivity index (χ1n) is 5.15. The average Bonchev–Trinajstić information content (AvgIpc) is 2.30. The summed E-state index contributed by atoms with van der Waals surface area (Å²) in [6.07, 6.45) is 7.02. The first kappa shape index (κ1) is 9.90. The maximum atomic E-state index is 11.1. The lowest BCUT2D eigenvalue weighted by atomic mass is 9.88. The molecule has 0 unspecified atom stereocenters. The number of rotatable bonds is 2. The van der Waals surface area contributed by atoms with Gasteiger partial charge in [-0.05, 0) is 42.9 Å². The topological polar surface area (TPSA) is 50.2 Å². The SMILES string of the molecule is O=C(O)C1=C(c2cccnc2)CCCC1. The van der Waals surface area contributed by atoms with Crippen LogP contribution >= 0.6 is 0 Å². The third-order valence-corrected chi connectivity index (χ3v) is 2.74. The molecular formula is C12H13NO2. The van der Waals surface area contributed by atoms with Gasteiger partial charge < -0.3 is 5.11 Å². The van der Waals surface area contributed by atoms with Crippen molar-refractivity contribution < 1.29 is 9.90 Å². The zero-order chi connectivity index (χ0) is 10.7. The minimum Gasteiger partial charge on any atom is -0.478 e. The van der Waals surface area contributed by atoms with Gasteiger partial charge in [-0.3, -0.25) is 4.98 Å². The Labute approximate surface area is 88.5 Å². The summed E-state index contributed by atoms with van der Waals surface area (Å²) < 4.78 is 0. The molecule has 1 aromatic rings. The second kappa shape index (κ2) is 4.26. The second-order valence-corrected chi connectivity index (χ2v) is 3.71. The van der Waals surface area contributed by atoms with Crippen LogP contribution in [0.5, 0.6) is 0 Å². The fourth-order valence-electron chi connectivity index (χ4n) is 2.00. The number of nitrogens with zero attached hydrogens (tertiary/aromatic N) is 1. The molecule has 15 heavy (non-hydrogen) atoms. The second-order valence-electron chi connectivity index (χ2n) is 3.71. The van der Waals surface area contributed by atoms with E-state index in [1.807, 2.05) is 12.1 Å². The monoisotopic (exact) mass is 203 g/mol. The Kier molecular flexibility index (Phi) is 2.81. The lowest BCUT2D eigenvalue weighted by Crippen LogP contribution is -2.08. The Morgan fingerprint density at radius 3 is 2.80 bits per heavy atom. The Balaban J connectivity index is 2.44. The van der Waals surface area contributed by atoms with Crippen LogP contribution in [-0.4, -0.2) is 16.1 Å². The third kappa shape index (κ3) is 2.06. The summed E-state index contributed by atoms with van der Waals surface area (Å²) in [5.41, 5.74) is 2.48. The van der Waals surface area contributed by atoms with E-state index >= 15 is 0 Å². The quantitative estimate of drug-likeness (QED) is 0.803. The highest BCUT2D eigenvalue weighted by molar-refractivity contribution is 5.96. The van der Waals surface area contributed by atoms with Crippen LogP contribution < -0.4 is 0 Å². The van der Waals surface area contributed by atoms with Crippen LogP contribution in [0.25, 0.3) is 5.57 Å². The normalized spacial score (nSPS) is 16.5. The molecule has 0 saturated carbocycles. The lowest BCUT2D eigenvalue weighted by Gasteiger charge is -2.17. The molecule has 0 spiro atoms. The summed E-state index contributed by atoms with van der Waals surface area (Å²) in [5.74, 6) is -0.784. The van der Waals surface area contributed by atoms with E-state index in [0.717, 1.165) is 30.4 Å². The molecule has 3 nitrogen and oxygen atoms in total. The summed E-state index contributed by atoms with van der Waals surface area (Å²) in [4.78, 5) is 15.1. The zero-order valence-electron chi connectivity index (χ0n) is 8.44. The highest BCUT2D eigenvalue weighted by Crippen LogP contribution is 2.31. The van der Waals surface area contributed by atoms with Crippen molar-refractivity contribution in [2.75, 3.05) is 0 Å². The van der Waals surface area contributed by atoms with Crippen molar-refractivity contribution in [2.45, 2.75) is 25.7 Å². The van der Waals surface area contributed by atoms with Gasteiger partial charge in [0.2, 0.25) is 0 Å². The molecule has 78 valence electrons. The van der Waals surface area contributed by atoms with E-state index in [9.17, 15) is 4.79 Å². The number of aromatic nitrogens is 1. The van der Waals surface area contributed by atoms with Gasteiger partial charge in [0.1, 0.15) is 0 Å². The van der Waals surface area contributed by atoms with Crippen LogP contribution in [0.1, 0.15) is 31.2 Å². The van der Waals surface area contributed by atoms with E-state index in [4.69, 9.17) is 5.11 Å². The molecule has 0 atom stereocenters. The minimum atomic E-state index is -0.784. The van der Waals surface area contributed by atoms with Crippen molar-refractivity contribution in [3.8, 4) is 0 Å². The van der Waals surface area contributed by atoms with Gasteiger partial charge in [0.15, 0.2) is 0 Å². The fraction of sp³-hybridized carbons (Fsp3) is 0.333. The fourth-order valence-corrected chi connectivity index (χ4v) is 2.00. The number of allylic oxidation sites excluding steroid dienone is 1. The molecule has 1 heterocycles. The van der Waals surface area contributed by atoms with Gasteiger partial charge in [-0.15, -0.1) is 0 Å². The summed E-state index contributed by atoms with van der Waals surface area (Å²) in [6.45, 7) is 0. The van der Waals surface area contributed by atoms with Crippen LogP contribution in [-0.2, 0) is 4.79 Å². The number of aliphatic carboxylic acids is 1. The summed E-state index contributed by atoms with van der Waals surface area (Å²) in [5, 5.41) is 9.09. The molecule has 0 saturated heterocycles. The zero-order valence-corrected chi connectivity index (χ0v) is 8.44. The molecule has 1 N–H and O–H groups in total. The molecule has 1 aromatic heterocycles. The molecule has 2 rings (SSSR count). The number of pyridine rings is 1. The van der Waals surface area contributed by atoms with E-state index in [-0.39, 0.29) is 0 Å². The Bertz CT molecular complexity index is 395. The molecule has 3 heteroatoms. The number of hydrogen-bond donors (Lipinski definition) is 1. The molecule has 0 radical (unpaired) electrons. The number of hydrogen-bond acceptors (Lipinski definition) is 2. The van der Waals surface area contributed by atoms with Crippen molar-refractivity contribution >= 4 is 11.5 Å². The Hall–Kier alpha value is -1.64. The molecular weight excluding hydrogens is 190 g/mol. The first-order valence-corrected chi connectivity index (χ1v) is 5.15. The smallest absolute Gasteiger partial charge is 0.331 e. The van der Waals surface area contributed by atoms with Gasteiger partial charge >= 0.3 is 5.97 Å². The van der Waals surface area contributed by atoms with Crippen molar-refractivity contribution in [3.63, 3.8) is 0 Å². The highest BCUT2D eigenvalue weighted by Gasteiger charge is 2.19. The van der Waals surface area contributed by atoms with Gasteiger partial charge in [-0.1, -0.05) is 6.07 Å². The van der Waals surface area contributed by atoms with Gasteiger partial charge in [0.25, 0.3) is 0 Å². The maximum Gasteiger partial charge on any atom is 0.331 e. The lowest BCUT2D eigenvalue weighted by molar-refractivity contribution is -0.132. The first-order chi connectivity index (χ1) is 7.29. The number of carbonyl (C=O) groups is 1. The Morgan fingerprint density at radius 2 is 2.13 bits per heavy atom. The molecule has 0 bridgehead atoms. The van der Waals surface area contributed by atoms with Crippen LogP contribution in [0.2, 0.25) is 0 Å². The summed E-state index contributed by atoms with van der Waals surface area (Å²) >= 11 is 0. The average molecular weight is 203 g/mol. The number of carboxylic acids is 1. The molecule has 0 amide bonds. The van der Waals surface area contributed by atoms with Crippen LogP contribution in [0.3, 0.4) is 0 Å². The molecule has 0 aliphatic heterocycles. The van der Waals surface area contributed by atoms with E-state index in [2.05, 4.69) is 4.98 Å². The summed E-state index contributed by atoms with van der Waals surface area (Å²) in [7, 11) is 0. The van der Waals surface area contributed by atoms with Crippen LogP contribution in [0.15, 0.2) is 30.1 Å². The van der Waals surface area contributed by atoms with Gasteiger partial charge in [-0.25, -0.2) is 4.79 Å². The maximum absolute atomic E-state index is 11.1. The summed E-state index contributed by atoms with van der Waals surface area (Å²) in [6, 6.07) is 3.77. The predicted octanol–water partition coefficient (Wildman–Crippen LogP) is 2.49. The van der Waals surface area contributed by atoms with Crippen molar-refractivity contribution in [3.05, 3.63) is 35.7 Å². The van der Waals surface area contributed by atoms with Gasteiger partial charge in [-0.2, -0.15) is 0 Å². The van der Waals surface area contributed by atoms with Crippen molar-refractivity contribution in [1.29, 1.82) is 0 Å². The van der Waals surface area contributed by atoms with Gasteiger partial charge in [0.05, 0.1) is 0 Å². The van der Waals surface area contributed by atoms with Crippen molar-refractivity contribution in [1.82, 2.24) is 4.98 Å². The molecule has 0 fully saturated rings. The van der Waals surface area contributed by atoms with Crippen LogP contribution in [0, 0.1) is 0 Å². The minimum absolute atomic E-state index is 0.564. The predicted molar refractivity (Wildman–Crippen MR) is 57.3 cm³/mol. The van der Waals surface area contributed by atoms with Gasteiger partial charge in [0, 0.05) is 18.0 Å².